The number of carbonyl (C=O) groups is 3. The fourth-order valence-electron chi connectivity index (χ4n) is 7.99. The molecule has 0 N–H and O–H groups in total. The third-order valence-electron chi connectivity index (χ3n) is 12.0. The van der Waals surface area contributed by atoms with Crippen molar-refractivity contribution in [2.24, 2.45) is 11.8 Å². The molecule has 0 radical (unpaired) electrons. The molecule has 6 nitrogen and oxygen atoms in total. The standard InChI is InChI=1S/C53H102O6/c1-6-7-8-9-10-11-12-13-18-21-24-27-33-38-43-51(54)57-46-50(59-53(56)45-40-35-30-29-32-37-42-49(4)5)47-58-52(55)44-39-34-28-25-22-19-16-14-15-17-20-23-26-31-36-41-48(2)3/h48-50H,6-47H2,1-5H3/t50-/m0/s1. The summed E-state index contributed by atoms with van der Waals surface area (Å²) >= 11 is 0. The zero-order chi connectivity index (χ0) is 43.3. The summed E-state index contributed by atoms with van der Waals surface area (Å²) in [5.41, 5.74) is 0. The van der Waals surface area contributed by atoms with Crippen LogP contribution in [0.25, 0.3) is 0 Å². The maximum Gasteiger partial charge on any atom is 0.306 e. The Morgan fingerprint density at radius 3 is 0.831 bits per heavy atom. The zero-order valence-electron chi connectivity index (χ0n) is 40.4. The molecule has 0 aliphatic carbocycles. The summed E-state index contributed by atoms with van der Waals surface area (Å²) in [6, 6.07) is 0. The molecule has 0 unspecified atom stereocenters. The van der Waals surface area contributed by atoms with E-state index in [1.165, 1.54) is 180 Å². The molecule has 0 aromatic carbocycles. The van der Waals surface area contributed by atoms with Gasteiger partial charge in [-0.15, -0.1) is 0 Å². The fraction of sp³-hybridized carbons (Fsp3) is 0.943. The predicted octanol–water partition coefficient (Wildman–Crippen LogP) is 16.9. The van der Waals surface area contributed by atoms with Gasteiger partial charge in [0.25, 0.3) is 0 Å². The second-order valence-electron chi connectivity index (χ2n) is 19.1. The first kappa shape index (κ1) is 57.4. The van der Waals surface area contributed by atoms with Crippen molar-refractivity contribution < 1.29 is 28.6 Å². The fourth-order valence-corrected chi connectivity index (χ4v) is 7.99. The molecule has 0 amide bonds. The topological polar surface area (TPSA) is 78.9 Å². The van der Waals surface area contributed by atoms with Crippen molar-refractivity contribution in [2.75, 3.05) is 13.2 Å². The average Bonchev–Trinajstić information content (AvgIpc) is 3.20. The minimum atomic E-state index is -0.762. The van der Waals surface area contributed by atoms with Gasteiger partial charge in [-0.3, -0.25) is 14.4 Å². The smallest absolute Gasteiger partial charge is 0.306 e. The first-order valence-corrected chi connectivity index (χ1v) is 26.2. The van der Waals surface area contributed by atoms with Crippen LogP contribution in [0, 0.1) is 11.8 Å². The Morgan fingerprint density at radius 1 is 0.322 bits per heavy atom. The van der Waals surface area contributed by atoms with Gasteiger partial charge < -0.3 is 14.2 Å². The highest BCUT2D eigenvalue weighted by atomic mass is 16.6. The van der Waals surface area contributed by atoms with Gasteiger partial charge in [-0.1, -0.05) is 253 Å². The van der Waals surface area contributed by atoms with Gasteiger partial charge in [0.05, 0.1) is 0 Å². The molecular weight excluding hydrogens is 733 g/mol. The molecule has 0 heterocycles. The lowest BCUT2D eigenvalue weighted by Crippen LogP contribution is -2.30. The molecule has 0 spiro atoms. The van der Waals surface area contributed by atoms with E-state index in [4.69, 9.17) is 14.2 Å². The van der Waals surface area contributed by atoms with E-state index in [2.05, 4.69) is 34.6 Å². The monoisotopic (exact) mass is 835 g/mol. The Balaban J connectivity index is 4.22. The Labute approximate surface area is 368 Å². The molecule has 59 heavy (non-hydrogen) atoms. The molecule has 0 aliphatic rings. The van der Waals surface area contributed by atoms with Crippen molar-refractivity contribution in [3.05, 3.63) is 0 Å². The van der Waals surface area contributed by atoms with Gasteiger partial charge in [-0.25, -0.2) is 0 Å². The van der Waals surface area contributed by atoms with Crippen LogP contribution in [0.15, 0.2) is 0 Å². The molecule has 0 rings (SSSR count). The van der Waals surface area contributed by atoms with Gasteiger partial charge in [0.2, 0.25) is 0 Å². The molecule has 0 aromatic heterocycles. The van der Waals surface area contributed by atoms with E-state index in [-0.39, 0.29) is 31.1 Å². The van der Waals surface area contributed by atoms with Crippen molar-refractivity contribution in [3.8, 4) is 0 Å². The minimum Gasteiger partial charge on any atom is -0.462 e. The Kier molecular flexibility index (Phi) is 44.7. The number of ether oxygens (including phenoxy) is 3. The molecule has 1 atom stereocenters. The summed E-state index contributed by atoms with van der Waals surface area (Å²) in [5, 5.41) is 0. The van der Waals surface area contributed by atoms with Crippen LogP contribution in [0.5, 0.6) is 0 Å². The van der Waals surface area contributed by atoms with Crippen molar-refractivity contribution in [3.63, 3.8) is 0 Å². The van der Waals surface area contributed by atoms with E-state index < -0.39 is 6.10 Å². The number of carbonyl (C=O) groups excluding carboxylic acids is 3. The lowest BCUT2D eigenvalue weighted by atomic mass is 10.0. The SMILES string of the molecule is CCCCCCCCCCCCCCCCC(=O)OC[C@@H](COC(=O)CCCCCCCCCCCCCCCCCC(C)C)OC(=O)CCCCCCCCC(C)C. The molecule has 350 valence electrons. The van der Waals surface area contributed by atoms with Crippen LogP contribution in [-0.4, -0.2) is 37.2 Å². The molecule has 0 aliphatic heterocycles. The number of hydrogen-bond acceptors (Lipinski definition) is 6. The molecule has 0 aromatic rings. The zero-order valence-corrected chi connectivity index (χ0v) is 40.4. The van der Waals surface area contributed by atoms with E-state index in [0.29, 0.717) is 19.3 Å². The third kappa shape index (κ3) is 47.3. The van der Waals surface area contributed by atoms with E-state index in [0.717, 1.165) is 69.6 Å². The maximum absolute atomic E-state index is 12.7. The first-order chi connectivity index (χ1) is 28.7. The van der Waals surface area contributed by atoms with Crippen LogP contribution < -0.4 is 0 Å². The van der Waals surface area contributed by atoms with Crippen molar-refractivity contribution in [1.29, 1.82) is 0 Å². The van der Waals surface area contributed by atoms with E-state index in [1.807, 2.05) is 0 Å². The van der Waals surface area contributed by atoms with Crippen molar-refractivity contribution in [1.82, 2.24) is 0 Å². The summed E-state index contributed by atoms with van der Waals surface area (Å²) in [6.45, 7) is 11.3. The normalized spacial score (nSPS) is 12.1. The highest BCUT2D eigenvalue weighted by molar-refractivity contribution is 5.71. The lowest BCUT2D eigenvalue weighted by molar-refractivity contribution is -0.167. The van der Waals surface area contributed by atoms with Gasteiger partial charge in [0.15, 0.2) is 6.10 Å². The Bertz CT molecular complexity index is 900. The summed E-state index contributed by atoms with van der Waals surface area (Å²) < 4.78 is 16.8. The molecule has 6 heteroatoms. The second-order valence-corrected chi connectivity index (χ2v) is 19.1. The Morgan fingerprint density at radius 2 is 0.559 bits per heavy atom. The number of unbranched alkanes of at least 4 members (excludes halogenated alkanes) is 32. The quantitative estimate of drug-likeness (QED) is 0.0345. The van der Waals surface area contributed by atoms with Crippen LogP contribution >= 0.6 is 0 Å². The lowest BCUT2D eigenvalue weighted by Gasteiger charge is -2.18. The average molecular weight is 835 g/mol. The second kappa shape index (κ2) is 45.9. The Hall–Kier alpha value is -1.59. The summed E-state index contributed by atoms with van der Waals surface area (Å²) in [4.78, 5) is 37.9. The van der Waals surface area contributed by atoms with E-state index >= 15 is 0 Å². The van der Waals surface area contributed by atoms with Gasteiger partial charge >= 0.3 is 17.9 Å². The number of hydrogen-bond donors (Lipinski definition) is 0. The highest BCUT2D eigenvalue weighted by Gasteiger charge is 2.19. The van der Waals surface area contributed by atoms with E-state index in [9.17, 15) is 14.4 Å². The molecule has 0 bridgehead atoms. The summed E-state index contributed by atoms with van der Waals surface area (Å²) in [5.74, 6) is 0.756. The van der Waals surface area contributed by atoms with Crippen LogP contribution in [0.1, 0.15) is 291 Å². The predicted molar refractivity (Wildman–Crippen MR) is 252 cm³/mol. The van der Waals surface area contributed by atoms with Gasteiger partial charge in [-0.2, -0.15) is 0 Å². The third-order valence-corrected chi connectivity index (χ3v) is 12.0. The van der Waals surface area contributed by atoms with Crippen LogP contribution in [0.4, 0.5) is 0 Å². The molecule has 0 saturated heterocycles. The van der Waals surface area contributed by atoms with Crippen LogP contribution in [-0.2, 0) is 28.6 Å². The first-order valence-electron chi connectivity index (χ1n) is 26.2. The molecular formula is C53H102O6. The largest absolute Gasteiger partial charge is 0.462 e. The molecule has 0 saturated carbocycles. The van der Waals surface area contributed by atoms with Gasteiger partial charge in [0, 0.05) is 19.3 Å². The van der Waals surface area contributed by atoms with Gasteiger partial charge in [0.1, 0.15) is 13.2 Å². The summed E-state index contributed by atoms with van der Waals surface area (Å²) in [6.07, 6.45) is 46.8. The minimum absolute atomic E-state index is 0.0646. The van der Waals surface area contributed by atoms with Crippen molar-refractivity contribution in [2.45, 2.75) is 298 Å². The van der Waals surface area contributed by atoms with E-state index in [1.54, 1.807) is 0 Å². The van der Waals surface area contributed by atoms with Gasteiger partial charge in [-0.05, 0) is 31.1 Å². The molecule has 0 fully saturated rings. The number of rotatable bonds is 47. The van der Waals surface area contributed by atoms with Crippen LogP contribution in [0.3, 0.4) is 0 Å². The highest BCUT2D eigenvalue weighted by Crippen LogP contribution is 2.17. The van der Waals surface area contributed by atoms with Crippen molar-refractivity contribution >= 4 is 17.9 Å². The summed E-state index contributed by atoms with van der Waals surface area (Å²) in [7, 11) is 0. The maximum atomic E-state index is 12.7. The van der Waals surface area contributed by atoms with Crippen LogP contribution in [0.2, 0.25) is 0 Å². The number of esters is 3.